The zero-order valence-electron chi connectivity index (χ0n) is 23.0. The Bertz CT molecular complexity index is 1070. The summed E-state index contributed by atoms with van der Waals surface area (Å²) in [7, 11) is 0. The van der Waals surface area contributed by atoms with Crippen LogP contribution in [0, 0.1) is 0 Å². The van der Waals surface area contributed by atoms with Crippen molar-refractivity contribution in [3.63, 3.8) is 0 Å². The predicted molar refractivity (Wildman–Crippen MR) is 146 cm³/mol. The minimum Gasteiger partial charge on any atom is -0.466 e. The van der Waals surface area contributed by atoms with Crippen molar-refractivity contribution < 1.29 is 33.8 Å². The highest BCUT2D eigenvalue weighted by Crippen LogP contribution is 2.23. The number of aliphatic hydroxyl groups is 1. The molecule has 2 rings (SSSR count). The minimum atomic E-state index is -1.13. The highest BCUT2D eigenvalue weighted by Gasteiger charge is 2.36. The number of carbonyl (C=O) groups excluding carboxylic acids is 4. The van der Waals surface area contributed by atoms with Gasteiger partial charge in [-0.1, -0.05) is 60.7 Å². The van der Waals surface area contributed by atoms with Gasteiger partial charge in [0, 0.05) is 19.5 Å². The van der Waals surface area contributed by atoms with Gasteiger partial charge in [-0.3, -0.25) is 14.4 Å². The van der Waals surface area contributed by atoms with Crippen molar-refractivity contribution in [3.8, 4) is 0 Å². The average Bonchev–Trinajstić information content (AvgIpc) is 2.88. The zero-order chi connectivity index (χ0) is 28.8. The lowest BCUT2D eigenvalue weighted by molar-refractivity contribution is -0.144. The molecule has 212 valence electrons. The Kier molecular flexibility index (Phi) is 12.4. The maximum Gasteiger partial charge on any atom is 0.408 e. The number of amides is 3. The molecule has 2 aromatic carbocycles. The van der Waals surface area contributed by atoms with Gasteiger partial charge in [0.05, 0.1) is 19.6 Å². The van der Waals surface area contributed by atoms with Crippen LogP contribution in [-0.2, 0) is 30.3 Å². The van der Waals surface area contributed by atoms with Gasteiger partial charge >= 0.3 is 12.1 Å². The number of nitrogens with one attached hydrogen (secondary N) is 2. The summed E-state index contributed by atoms with van der Waals surface area (Å²) < 4.78 is 10.3. The number of alkyl carbamates (subject to hydrolysis) is 1. The Morgan fingerprint density at radius 2 is 1.59 bits per heavy atom. The van der Waals surface area contributed by atoms with Crippen LogP contribution in [0.5, 0.6) is 0 Å². The van der Waals surface area contributed by atoms with Gasteiger partial charge in [0.1, 0.15) is 17.7 Å². The monoisotopic (exact) mass is 541 g/mol. The van der Waals surface area contributed by atoms with E-state index in [0.29, 0.717) is 5.56 Å². The molecule has 0 aliphatic heterocycles. The van der Waals surface area contributed by atoms with Gasteiger partial charge in [-0.15, -0.1) is 0 Å². The second-order valence-corrected chi connectivity index (χ2v) is 9.80. The van der Waals surface area contributed by atoms with Gasteiger partial charge in [-0.05, 0) is 38.8 Å². The summed E-state index contributed by atoms with van der Waals surface area (Å²) in [5, 5.41) is 15.2. The molecule has 39 heavy (non-hydrogen) atoms. The van der Waals surface area contributed by atoms with Gasteiger partial charge < -0.3 is 30.1 Å². The summed E-state index contributed by atoms with van der Waals surface area (Å²) >= 11 is 0. The summed E-state index contributed by atoms with van der Waals surface area (Å²) in [4.78, 5) is 53.1. The summed E-state index contributed by atoms with van der Waals surface area (Å²) in [6.07, 6.45) is -0.686. The highest BCUT2D eigenvalue weighted by atomic mass is 16.6. The standard InChI is InChI=1S/C29H39N3O7/c1-5-38-24(34)16-17-30-26(35)25(22-14-10-7-11-15-22)32(18-19-33)27(36)23(20-21-12-8-6-9-13-21)31-28(37)39-29(2,3)4/h6-15,23,25,33H,5,16-20H2,1-4H3,(H,30,35)(H,31,37). The van der Waals surface area contributed by atoms with E-state index in [1.807, 2.05) is 30.3 Å². The van der Waals surface area contributed by atoms with E-state index < -0.39 is 48.2 Å². The van der Waals surface area contributed by atoms with E-state index in [2.05, 4.69) is 10.6 Å². The average molecular weight is 542 g/mol. The Balaban J connectivity index is 2.40. The SMILES string of the molecule is CCOC(=O)CCNC(=O)C(c1ccccc1)N(CCO)C(=O)C(Cc1ccccc1)NC(=O)OC(C)(C)C. The molecule has 0 saturated carbocycles. The molecule has 0 heterocycles. The van der Waals surface area contributed by atoms with Crippen LogP contribution in [0.1, 0.15) is 51.3 Å². The lowest BCUT2D eigenvalue weighted by Gasteiger charge is -2.34. The molecule has 3 N–H and O–H groups in total. The van der Waals surface area contributed by atoms with Crippen LogP contribution in [0.2, 0.25) is 0 Å². The van der Waals surface area contributed by atoms with E-state index >= 15 is 0 Å². The van der Waals surface area contributed by atoms with E-state index in [-0.39, 0.29) is 32.5 Å². The summed E-state index contributed by atoms with van der Waals surface area (Å²) in [6.45, 7) is 6.47. The first-order valence-electron chi connectivity index (χ1n) is 13.0. The molecule has 0 bridgehead atoms. The maximum atomic E-state index is 14.0. The predicted octanol–water partition coefficient (Wildman–Crippen LogP) is 2.75. The van der Waals surface area contributed by atoms with Gasteiger partial charge in [0.25, 0.3) is 0 Å². The third kappa shape index (κ3) is 10.8. The number of carbonyl (C=O) groups is 4. The molecule has 0 fully saturated rings. The van der Waals surface area contributed by atoms with Crippen LogP contribution in [0.15, 0.2) is 60.7 Å². The number of ether oxygens (including phenoxy) is 2. The van der Waals surface area contributed by atoms with Crippen LogP contribution in [0.4, 0.5) is 4.79 Å². The second-order valence-electron chi connectivity index (χ2n) is 9.80. The zero-order valence-corrected chi connectivity index (χ0v) is 23.0. The number of aliphatic hydroxyl groups excluding tert-OH is 1. The number of rotatable bonds is 13. The topological polar surface area (TPSA) is 134 Å². The molecule has 3 amide bonds. The smallest absolute Gasteiger partial charge is 0.408 e. The van der Waals surface area contributed by atoms with Crippen LogP contribution in [-0.4, -0.2) is 71.8 Å². The fourth-order valence-corrected chi connectivity index (χ4v) is 3.90. The van der Waals surface area contributed by atoms with E-state index in [1.165, 1.54) is 4.90 Å². The molecule has 0 aromatic heterocycles. The first-order chi connectivity index (χ1) is 18.6. The van der Waals surface area contributed by atoms with Crippen molar-refractivity contribution in [2.75, 3.05) is 26.3 Å². The van der Waals surface area contributed by atoms with Crippen LogP contribution in [0.3, 0.4) is 0 Å². The molecule has 2 atom stereocenters. The Hall–Kier alpha value is -3.92. The molecular weight excluding hydrogens is 502 g/mol. The van der Waals surface area contributed by atoms with E-state index in [9.17, 15) is 24.3 Å². The second kappa shape index (κ2) is 15.5. The van der Waals surface area contributed by atoms with Gasteiger partial charge in [-0.25, -0.2) is 4.79 Å². The molecule has 2 unspecified atom stereocenters. The van der Waals surface area contributed by atoms with Crippen LogP contribution in [0.25, 0.3) is 0 Å². The lowest BCUT2D eigenvalue weighted by atomic mass is 10.0. The number of hydrogen-bond acceptors (Lipinski definition) is 7. The number of esters is 1. The number of hydrogen-bond donors (Lipinski definition) is 3. The van der Waals surface area contributed by atoms with Gasteiger partial charge in [-0.2, -0.15) is 0 Å². The molecule has 0 spiro atoms. The quantitative estimate of drug-likeness (QED) is 0.332. The summed E-state index contributed by atoms with van der Waals surface area (Å²) in [5.41, 5.74) is 0.496. The van der Waals surface area contributed by atoms with Crippen LogP contribution < -0.4 is 10.6 Å². The Labute approximate surface area is 229 Å². The third-order valence-electron chi connectivity index (χ3n) is 5.50. The minimum absolute atomic E-state index is 0.00571. The Morgan fingerprint density at radius 3 is 2.15 bits per heavy atom. The molecule has 0 aliphatic carbocycles. The van der Waals surface area contributed by atoms with Crippen LogP contribution >= 0.6 is 0 Å². The van der Waals surface area contributed by atoms with Crippen molar-refractivity contribution in [3.05, 3.63) is 71.8 Å². The molecular formula is C29H39N3O7. The lowest BCUT2D eigenvalue weighted by Crippen LogP contribution is -2.54. The van der Waals surface area contributed by atoms with E-state index in [4.69, 9.17) is 9.47 Å². The van der Waals surface area contributed by atoms with E-state index in [1.54, 1.807) is 58.0 Å². The van der Waals surface area contributed by atoms with E-state index in [0.717, 1.165) is 5.56 Å². The van der Waals surface area contributed by atoms with Crippen molar-refractivity contribution in [1.29, 1.82) is 0 Å². The fourth-order valence-electron chi connectivity index (χ4n) is 3.90. The molecule has 0 aliphatic rings. The maximum absolute atomic E-state index is 14.0. The number of nitrogens with zero attached hydrogens (tertiary/aromatic N) is 1. The van der Waals surface area contributed by atoms with Crippen molar-refractivity contribution in [2.45, 2.75) is 58.2 Å². The first-order valence-corrected chi connectivity index (χ1v) is 13.0. The molecule has 10 heteroatoms. The van der Waals surface area contributed by atoms with Crippen molar-refractivity contribution in [1.82, 2.24) is 15.5 Å². The summed E-state index contributed by atoms with van der Waals surface area (Å²) in [5.74, 6) is -1.57. The third-order valence-corrected chi connectivity index (χ3v) is 5.50. The van der Waals surface area contributed by atoms with Crippen molar-refractivity contribution in [2.24, 2.45) is 0 Å². The molecule has 0 saturated heterocycles. The van der Waals surface area contributed by atoms with Gasteiger partial charge in [0.2, 0.25) is 11.8 Å². The highest BCUT2D eigenvalue weighted by molar-refractivity contribution is 5.92. The summed E-state index contributed by atoms with van der Waals surface area (Å²) in [6, 6.07) is 15.5. The first kappa shape index (κ1) is 31.3. The fraction of sp³-hybridized carbons (Fsp3) is 0.448. The molecule has 0 radical (unpaired) electrons. The number of benzene rings is 2. The van der Waals surface area contributed by atoms with Gasteiger partial charge in [0.15, 0.2) is 0 Å². The van der Waals surface area contributed by atoms with Crippen molar-refractivity contribution >= 4 is 23.9 Å². The normalized spacial score (nSPS) is 12.5. The molecule has 2 aromatic rings. The largest absolute Gasteiger partial charge is 0.466 e. The molecule has 10 nitrogen and oxygen atoms in total. The Morgan fingerprint density at radius 1 is 0.974 bits per heavy atom.